The smallest absolute Gasteiger partial charge is 0.341 e. The van der Waals surface area contributed by atoms with Crippen molar-refractivity contribution in [3.05, 3.63) is 35.9 Å². The summed E-state index contributed by atoms with van der Waals surface area (Å²) in [6.45, 7) is 6.69. The van der Waals surface area contributed by atoms with Gasteiger partial charge in [0.25, 0.3) is 0 Å². The van der Waals surface area contributed by atoms with Gasteiger partial charge in [0.1, 0.15) is 4.93 Å². The van der Waals surface area contributed by atoms with Crippen LogP contribution in [0.4, 0.5) is 13.2 Å². The molecule has 126 valence electrons. The fourth-order valence-corrected chi connectivity index (χ4v) is 5.98. The molecule has 0 amide bonds. The van der Waals surface area contributed by atoms with E-state index in [2.05, 4.69) is 0 Å². The Morgan fingerprint density at radius 3 is 2.04 bits per heavy atom. The van der Waals surface area contributed by atoms with Crippen molar-refractivity contribution in [2.75, 3.05) is 5.75 Å². The molecule has 1 saturated carbocycles. The van der Waals surface area contributed by atoms with Crippen LogP contribution >= 0.6 is 11.8 Å². The van der Waals surface area contributed by atoms with E-state index in [-0.39, 0.29) is 17.1 Å². The van der Waals surface area contributed by atoms with Gasteiger partial charge in [-0.2, -0.15) is 13.2 Å². The number of alkyl halides is 3. The molecule has 1 heterocycles. The molecule has 1 spiro atoms. The predicted molar refractivity (Wildman–Crippen MR) is 83.0 cm³/mol. The van der Waals surface area contributed by atoms with Crippen LogP contribution in [0.1, 0.15) is 33.3 Å². The first-order chi connectivity index (χ1) is 10.4. The normalized spacial score (nSPS) is 31.2. The van der Waals surface area contributed by atoms with Crippen molar-refractivity contribution < 1.29 is 22.7 Å². The summed E-state index contributed by atoms with van der Waals surface area (Å²) in [5, 5.41) is 0. The number of benzene rings is 1. The topological polar surface area (TPSA) is 26.3 Å². The molecule has 0 unspecified atom stereocenters. The number of hydrogen-bond acceptors (Lipinski definition) is 3. The Balaban J connectivity index is 2.13. The number of Topliss-reactive ketones (excluding diaryl/α,β-unsaturated/α-hetero) is 1. The van der Waals surface area contributed by atoms with Crippen molar-refractivity contribution in [1.82, 2.24) is 0 Å². The monoisotopic (exact) mass is 344 g/mol. The van der Waals surface area contributed by atoms with Crippen molar-refractivity contribution in [2.45, 2.75) is 44.4 Å². The molecule has 1 saturated heterocycles. The van der Waals surface area contributed by atoms with Gasteiger partial charge in [-0.1, -0.05) is 30.3 Å². The maximum absolute atomic E-state index is 14.0. The first-order valence-electron chi connectivity index (χ1n) is 7.44. The number of ketones is 1. The molecule has 1 aliphatic carbocycles. The Kier molecular flexibility index (Phi) is 3.32. The highest BCUT2D eigenvalue weighted by atomic mass is 32.2. The predicted octanol–water partition coefficient (Wildman–Crippen LogP) is 4.54. The molecule has 0 N–H and O–H groups in total. The highest BCUT2D eigenvalue weighted by molar-refractivity contribution is 8.01. The van der Waals surface area contributed by atoms with Crippen LogP contribution in [0, 0.1) is 10.8 Å². The number of halogens is 3. The molecule has 0 radical (unpaired) electrons. The first-order valence-corrected chi connectivity index (χ1v) is 8.42. The number of thioether (sulfide) groups is 1. The average molecular weight is 344 g/mol. The van der Waals surface area contributed by atoms with Crippen LogP contribution in [0.3, 0.4) is 0 Å². The second kappa shape index (κ2) is 4.54. The van der Waals surface area contributed by atoms with Gasteiger partial charge in [0, 0.05) is 5.75 Å². The zero-order chi connectivity index (χ0) is 17.3. The van der Waals surface area contributed by atoms with Crippen LogP contribution < -0.4 is 0 Å². The molecular weight excluding hydrogens is 325 g/mol. The van der Waals surface area contributed by atoms with Crippen molar-refractivity contribution in [3.63, 3.8) is 0 Å². The summed E-state index contributed by atoms with van der Waals surface area (Å²) in [7, 11) is 0. The number of carbonyl (C=O) groups is 1. The largest absolute Gasteiger partial charge is 0.422 e. The lowest BCUT2D eigenvalue weighted by molar-refractivity contribution is -0.319. The molecule has 0 aromatic heterocycles. The second-order valence-corrected chi connectivity index (χ2v) is 8.43. The molecule has 2 fully saturated rings. The molecular formula is C17H19F3O2S. The highest BCUT2D eigenvalue weighted by Crippen LogP contribution is 2.72. The Morgan fingerprint density at radius 2 is 1.57 bits per heavy atom. The SMILES string of the molecule is CC1(C)C(=O)C(C)(C)C12O[C@@](c1ccccc1)(C(F)(F)F)CS2. The van der Waals surface area contributed by atoms with E-state index >= 15 is 0 Å². The second-order valence-electron chi connectivity index (χ2n) is 7.28. The summed E-state index contributed by atoms with van der Waals surface area (Å²) < 4.78 is 47.8. The van der Waals surface area contributed by atoms with Gasteiger partial charge >= 0.3 is 6.18 Å². The summed E-state index contributed by atoms with van der Waals surface area (Å²) in [4.78, 5) is 11.2. The third kappa shape index (κ3) is 1.79. The van der Waals surface area contributed by atoms with Crippen LogP contribution in [0.25, 0.3) is 0 Å². The molecule has 1 aromatic carbocycles. The first kappa shape index (κ1) is 16.8. The molecule has 6 heteroatoms. The summed E-state index contributed by atoms with van der Waals surface area (Å²) in [5.74, 6) is -0.316. The summed E-state index contributed by atoms with van der Waals surface area (Å²) in [5.41, 5.74) is -4.21. The molecule has 1 aromatic rings. The Bertz CT molecular complexity index is 634. The van der Waals surface area contributed by atoms with Crippen LogP contribution in [-0.2, 0) is 15.1 Å². The Labute approximate surface area is 137 Å². The number of hydrogen-bond donors (Lipinski definition) is 0. The lowest BCUT2D eigenvalue weighted by atomic mass is 9.51. The van der Waals surface area contributed by atoms with E-state index in [9.17, 15) is 18.0 Å². The average Bonchev–Trinajstić information content (AvgIpc) is 2.92. The lowest BCUT2D eigenvalue weighted by Gasteiger charge is -2.62. The van der Waals surface area contributed by atoms with Crippen molar-refractivity contribution in [1.29, 1.82) is 0 Å². The zero-order valence-corrected chi connectivity index (χ0v) is 14.3. The third-order valence-corrected chi connectivity index (χ3v) is 7.34. The lowest BCUT2D eigenvalue weighted by Crippen LogP contribution is -2.73. The van der Waals surface area contributed by atoms with Gasteiger partial charge in [-0.25, -0.2) is 0 Å². The van der Waals surface area contributed by atoms with Gasteiger partial charge in [0.05, 0.1) is 10.8 Å². The Morgan fingerprint density at radius 1 is 1.04 bits per heavy atom. The minimum atomic E-state index is -4.56. The highest BCUT2D eigenvalue weighted by Gasteiger charge is 2.81. The van der Waals surface area contributed by atoms with E-state index in [0.29, 0.717) is 0 Å². The van der Waals surface area contributed by atoms with Gasteiger partial charge < -0.3 is 4.74 Å². The van der Waals surface area contributed by atoms with Gasteiger partial charge in [-0.15, -0.1) is 11.8 Å². The Hall–Kier alpha value is -1.01. The minimum absolute atomic E-state index is 0.0662. The van der Waals surface area contributed by atoms with E-state index in [1.54, 1.807) is 45.9 Å². The molecule has 3 rings (SSSR count). The van der Waals surface area contributed by atoms with Gasteiger partial charge in [0.15, 0.2) is 11.4 Å². The van der Waals surface area contributed by atoms with Crippen LogP contribution in [0.15, 0.2) is 30.3 Å². The molecule has 2 nitrogen and oxygen atoms in total. The van der Waals surface area contributed by atoms with Crippen LogP contribution in [0.5, 0.6) is 0 Å². The minimum Gasteiger partial charge on any atom is -0.341 e. The third-order valence-electron chi connectivity index (χ3n) is 5.28. The van der Waals surface area contributed by atoms with E-state index < -0.39 is 27.5 Å². The van der Waals surface area contributed by atoms with Crippen molar-refractivity contribution in [3.8, 4) is 0 Å². The number of carbonyl (C=O) groups excluding carboxylic acids is 1. The zero-order valence-electron chi connectivity index (χ0n) is 13.5. The molecule has 0 bridgehead atoms. The van der Waals surface area contributed by atoms with Gasteiger partial charge in [-0.05, 0) is 33.3 Å². The summed E-state index contributed by atoms with van der Waals surface area (Å²) in [6, 6.07) is 7.70. The van der Waals surface area contributed by atoms with E-state index in [4.69, 9.17) is 4.74 Å². The van der Waals surface area contributed by atoms with Gasteiger partial charge in [-0.3, -0.25) is 4.79 Å². The molecule has 1 atom stereocenters. The number of ether oxygens (including phenoxy) is 1. The van der Waals surface area contributed by atoms with Crippen LogP contribution in [-0.4, -0.2) is 22.6 Å². The number of rotatable bonds is 1. The maximum Gasteiger partial charge on any atom is 0.422 e. The van der Waals surface area contributed by atoms with Gasteiger partial charge in [0.2, 0.25) is 0 Å². The van der Waals surface area contributed by atoms with Crippen molar-refractivity contribution >= 4 is 17.5 Å². The quantitative estimate of drug-likeness (QED) is 0.748. The van der Waals surface area contributed by atoms with E-state index in [1.807, 2.05) is 0 Å². The maximum atomic E-state index is 14.0. The molecule has 1 aliphatic heterocycles. The molecule has 2 aliphatic rings. The van der Waals surface area contributed by atoms with E-state index in [0.717, 1.165) is 11.8 Å². The fourth-order valence-electron chi connectivity index (χ4n) is 4.08. The van der Waals surface area contributed by atoms with E-state index in [1.165, 1.54) is 12.1 Å². The van der Waals surface area contributed by atoms with Crippen molar-refractivity contribution in [2.24, 2.45) is 10.8 Å². The standard InChI is InChI=1S/C17H19F3O2S/c1-13(2)12(21)14(3,4)16(13)22-15(10-23-16,17(18,19)20)11-8-6-5-7-9-11/h5-9H,10H2,1-4H3/t15-/m0/s1. The molecule has 23 heavy (non-hydrogen) atoms. The fraction of sp³-hybridized carbons (Fsp3) is 0.588. The van der Waals surface area contributed by atoms with Crippen LogP contribution in [0.2, 0.25) is 0 Å². The summed E-state index contributed by atoms with van der Waals surface area (Å²) >= 11 is 1.11. The summed E-state index contributed by atoms with van der Waals surface area (Å²) in [6.07, 6.45) is -4.56.